The molecule has 1 aromatic carbocycles. The summed E-state index contributed by atoms with van der Waals surface area (Å²) in [6, 6.07) is 6.89. The van der Waals surface area contributed by atoms with E-state index in [0.29, 0.717) is 5.56 Å². The van der Waals surface area contributed by atoms with Gasteiger partial charge in [-0.2, -0.15) is 0 Å². The molecule has 0 aliphatic carbocycles. The second-order valence-corrected chi connectivity index (χ2v) is 3.29. The first kappa shape index (κ1) is 11.4. The highest BCUT2D eigenvalue weighted by Crippen LogP contribution is 2.25. The molecule has 1 aromatic rings. The van der Waals surface area contributed by atoms with Crippen LogP contribution in [0.4, 0.5) is 4.39 Å². The molecule has 80 valence electrons. The van der Waals surface area contributed by atoms with Crippen LogP contribution in [0.2, 0.25) is 0 Å². The topological polar surface area (TPSA) is 26.3 Å². The van der Waals surface area contributed by atoms with Gasteiger partial charge >= 0.3 is 5.97 Å². The number of benzene rings is 1. The summed E-state index contributed by atoms with van der Waals surface area (Å²) in [5.74, 6) is -0.719. The zero-order valence-electron chi connectivity index (χ0n) is 8.79. The van der Waals surface area contributed by atoms with Crippen molar-refractivity contribution in [1.82, 2.24) is 0 Å². The molecule has 0 bridgehead atoms. The molecule has 0 amide bonds. The van der Waals surface area contributed by atoms with Crippen LogP contribution < -0.4 is 0 Å². The average Bonchev–Trinajstić information content (AvgIpc) is 2.26. The lowest BCUT2D eigenvalue weighted by Gasteiger charge is -2.10. The van der Waals surface area contributed by atoms with E-state index in [4.69, 9.17) is 0 Å². The molecule has 0 aromatic heterocycles. The highest BCUT2D eigenvalue weighted by molar-refractivity contribution is 5.89. The fraction of sp³-hybridized carbons (Fsp3) is 0.250. The molecule has 0 spiro atoms. The fourth-order valence-corrected chi connectivity index (χ4v) is 1.26. The summed E-state index contributed by atoms with van der Waals surface area (Å²) < 4.78 is 18.2. The van der Waals surface area contributed by atoms with E-state index >= 15 is 0 Å². The average molecular weight is 208 g/mol. The Morgan fingerprint density at radius 2 is 2.20 bits per heavy atom. The first-order valence-electron chi connectivity index (χ1n) is 4.54. The monoisotopic (exact) mass is 208 g/mol. The SMILES string of the molecule is C=C(C(=O)OC)[C@H](F)c1cccc(C)c1. The van der Waals surface area contributed by atoms with Crippen LogP contribution in [-0.2, 0) is 9.53 Å². The third-order valence-corrected chi connectivity index (χ3v) is 2.09. The van der Waals surface area contributed by atoms with Gasteiger partial charge in [-0.1, -0.05) is 36.4 Å². The molecule has 0 N–H and O–H groups in total. The largest absolute Gasteiger partial charge is 0.466 e. The smallest absolute Gasteiger partial charge is 0.336 e. The van der Waals surface area contributed by atoms with E-state index in [9.17, 15) is 9.18 Å². The Kier molecular flexibility index (Phi) is 3.61. The molecule has 15 heavy (non-hydrogen) atoms. The van der Waals surface area contributed by atoms with E-state index in [2.05, 4.69) is 11.3 Å². The first-order valence-corrected chi connectivity index (χ1v) is 4.54. The fourth-order valence-electron chi connectivity index (χ4n) is 1.26. The maximum Gasteiger partial charge on any atom is 0.336 e. The van der Waals surface area contributed by atoms with Crippen molar-refractivity contribution in [3.63, 3.8) is 0 Å². The summed E-state index contributed by atoms with van der Waals surface area (Å²) in [5, 5.41) is 0. The van der Waals surface area contributed by atoms with Crippen LogP contribution in [0.1, 0.15) is 17.3 Å². The quantitative estimate of drug-likeness (QED) is 0.564. The highest BCUT2D eigenvalue weighted by Gasteiger charge is 2.20. The van der Waals surface area contributed by atoms with Crippen LogP contribution in [0.15, 0.2) is 36.4 Å². The van der Waals surface area contributed by atoms with Crippen molar-refractivity contribution in [2.24, 2.45) is 0 Å². The van der Waals surface area contributed by atoms with Gasteiger partial charge in [-0.15, -0.1) is 0 Å². The predicted molar refractivity (Wildman–Crippen MR) is 56.2 cm³/mol. The van der Waals surface area contributed by atoms with Crippen LogP contribution in [0.25, 0.3) is 0 Å². The highest BCUT2D eigenvalue weighted by atomic mass is 19.1. The van der Waals surface area contributed by atoms with E-state index < -0.39 is 12.1 Å². The summed E-state index contributed by atoms with van der Waals surface area (Å²) in [6.07, 6.45) is -1.50. The third kappa shape index (κ3) is 2.65. The molecular weight excluding hydrogens is 195 g/mol. The molecule has 0 unspecified atom stereocenters. The Bertz CT molecular complexity index is 385. The van der Waals surface area contributed by atoms with Crippen molar-refractivity contribution in [1.29, 1.82) is 0 Å². The van der Waals surface area contributed by atoms with Gasteiger partial charge in [0.05, 0.1) is 12.7 Å². The lowest BCUT2D eigenvalue weighted by atomic mass is 10.0. The third-order valence-electron chi connectivity index (χ3n) is 2.09. The number of methoxy groups -OCH3 is 1. The van der Waals surface area contributed by atoms with E-state index in [1.165, 1.54) is 7.11 Å². The summed E-state index contributed by atoms with van der Waals surface area (Å²) in [4.78, 5) is 11.0. The number of ether oxygens (including phenoxy) is 1. The molecule has 3 heteroatoms. The van der Waals surface area contributed by atoms with Crippen molar-refractivity contribution in [2.75, 3.05) is 7.11 Å². The van der Waals surface area contributed by atoms with Gasteiger partial charge in [-0.25, -0.2) is 9.18 Å². The second-order valence-electron chi connectivity index (χ2n) is 3.29. The number of hydrogen-bond donors (Lipinski definition) is 0. The van der Waals surface area contributed by atoms with Crippen LogP contribution >= 0.6 is 0 Å². The van der Waals surface area contributed by atoms with Crippen molar-refractivity contribution in [2.45, 2.75) is 13.1 Å². The standard InChI is InChI=1S/C12H13FO2/c1-8-5-4-6-10(7-8)11(13)9(2)12(14)15-3/h4-7,11H,2H2,1,3H3/t11-/m0/s1. The number of esters is 1. The molecule has 0 saturated heterocycles. The Hall–Kier alpha value is -1.64. The lowest BCUT2D eigenvalue weighted by molar-refractivity contribution is -0.136. The number of alkyl halides is 1. The Balaban J connectivity index is 2.89. The molecule has 0 aliphatic rings. The van der Waals surface area contributed by atoms with E-state index in [0.717, 1.165) is 5.56 Å². The summed E-state index contributed by atoms with van der Waals surface area (Å²) in [6.45, 7) is 5.24. The Morgan fingerprint density at radius 1 is 1.53 bits per heavy atom. The van der Waals surface area contributed by atoms with Gasteiger partial charge in [-0.3, -0.25) is 0 Å². The molecule has 1 rings (SSSR count). The summed E-state index contributed by atoms with van der Waals surface area (Å²) in [5.41, 5.74) is 1.18. The predicted octanol–water partition coefficient (Wildman–Crippen LogP) is 2.73. The van der Waals surface area contributed by atoms with E-state index in [1.807, 2.05) is 13.0 Å². The van der Waals surface area contributed by atoms with Gasteiger partial charge in [0.25, 0.3) is 0 Å². The van der Waals surface area contributed by atoms with Crippen LogP contribution in [-0.4, -0.2) is 13.1 Å². The maximum atomic E-state index is 13.7. The van der Waals surface area contributed by atoms with Crippen molar-refractivity contribution < 1.29 is 13.9 Å². The zero-order valence-corrected chi connectivity index (χ0v) is 8.79. The molecule has 0 saturated carbocycles. The number of hydrogen-bond acceptors (Lipinski definition) is 2. The van der Waals surface area contributed by atoms with Gasteiger partial charge in [0, 0.05) is 0 Å². The van der Waals surface area contributed by atoms with E-state index in [-0.39, 0.29) is 5.57 Å². The molecular formula is C12H13FO2. The molecule has 2 nitrogen and oxygen atoms in total. The van der Waals surface area contributed by atoms with Crippen LogP contribution in [0.3, 0.4) is 0 Å². The second kappa shape index (κ2) is 4.73. The van der Waals surface area contributed by atoms with Crippen molar-refractivity contribution in [3.05, 3.63) is 47.5 Å². The first-order chi connectivity index (χ1) is 7.06. The Labute approximate surface area is 88.4 Å². The maximum absolute atomic E-state index is 13.7. The van der Waals surface area contributed by atoms with E-state index in [1.54, 1.807) is 18.2 Å². The molecule has 0 radical (unpaired) electrons. The van der Waals surface area contributed by atoms with Gasteiger partial charge in [-0.05, 0) is 12.5 Å². The minimum absolute atomic E-state index is 0.178. The molecule has 0 fully saturated rings. The van der Waals surface area contributed by atoms with Crippen LogP contribution in [0, 0.1) is 6.92 Å². The van der Waals surface area contributed by atoms with Gasteiger partial charge in [0.2, 0.25) is 0 Å². The zero-order chi connectivity index (χ0) is 11.4. The van der Waals surface area contributed by atoms with Crippen molar-refractivity contribution in [3.8, 4) is 0 Å². The van der Waals surface area contributed by atoms with Gasteiger partial charge in [0.1, 0.15) is 0 Å². The summed E-state index contributed by atoms with van der Waals surface area (Å²) >= 11 is 0. The minimum atomic E-state index is -1.50. The Morgan fingerprint density at radius 3 is 2.73 bits per heavy atom. The molecule has 0 aliphatic heterocycles. The molecule has 0 heterocycles. The minimum Gasteiger partial charge on any atom is -0.466 e. The number of halogens is 1. The lowest BCUT2D eigenvalue weighted by Crippen LogP contribution is -2.09. The van der Waals surface area contributed by atoms with Gasteiger partial charge in [0.15, 0.2) is 6.17 Å². The van der Waals surface area contributed by atoms with Gasteiger partial charge < -0.3 is 4.74 Å². The number of aryl methyl sites for hydroxylation is 1. The number of rotatable bonds is 3. The number of carbonyl (C=O) groups excluding carboxylic acids is 1. The number of carbonyl (C=O) groups is 1. The summed E-state index contributed by atoms with van der Waals surface area (Å²) in [7, 11) is 1.20. The molecule has 1 atom stereocenters. The van der Waals surface area contributed by atoms with Crippen molar-refractivity contribution >= 4 is 5.97 Å². The van der Waals surface area contributed by atoms with Crippen LogP contribution in [0.5, 0.6) is 0 Å². The normalized spacial score (nSPS) is 11.9.